The van der Waals surface area contributed by atoms with Crippen molar-refractivity contribution in [2.75, 3.05) is 19.0 Å². The Balaban J connectivity index is 2.04. The zero-order chi connectivity index (χ0) is 23.4. The SMILES string of the molecule is CCC[C@@H]1C=C[C@H]2[C@H](C(=O)N([C@@H](CC)CO)[C@@H]2C(=O)Nc2ccccc2Cl)[C@@H]1C(=O)NC. The number of anilines is 1. The van der Waals surface area contributed by atoms with Crippen molar-refractivity contribution in [1.29, 1.82) is 0 Å². The molecule has 3 N–H and O–H groups in total. The summed E-state index contributed by atoms with van der Waals surface area (Å²) >= 11 is 6.23. The van der Waals surface area contributed by atoms with E-state index in [2.05, 4.69) is 10.6 Å². The minimum Gasteiger partial charge on any atom is -0.394 e. The summed E-state index contributed by atoms with van der Waals surface area (Å²) in [6.45, 7) is 3.65. The number of nitrogens with one attached hydrogen (secondary N) is 2. The number of hydrogen-bond acceptors (Lipinski definition) is 4. The van der Waals surface area contributed by atoms with Crippen molar-refractivity contribution in [3.63, 3.8) is 0 Å². The second kappa shape index (κ2) is 10.5. The number of amides is 3. The van der Waals surface area contributed by atoms with E-state index < -0.39 is 29.8 Å². The smallest absolute Gasteiger partial charge is 0.247 e. The molecule has 0 spiro atoms. The van der Waals surface area contributed by atoms with Crippen LogP contribution in [0.1, 0.15) is 33.1 Å². The molecule has 1 aromatic rings. The van der Waals surface area contributed by atoms with Crippen LogP contribution in [0, 0.1) is 23.7 Å². The number of allylic oxidation sites excluding steroid dienone is 1. The first-order valence-electron chi connectivity index (χ1n) is 11.3. The summed E-state index contributed by atoms with van der Waals surface area (Å²) < 4.78 is 0. The van der Waals surface area contributed by atoms with Crippen LogP contribution >= 0.6 is 11.6 Å². The van der Waals surface area contributed by atoms with Crippen LogP contribution in [0.15, 0.2) is 36.4 Å². The molecule has 1 aliphatic carbocycles. The summed E-state index contributed by atoms with van der Waals surface area (Å²) in [6.07, 6.45) is 6.05. The second-order valence-corrected chi connectivity index (χ2v) is 8.89. The van der Waals surface area contributed by atoms with E-state index in [0.717, 1.165) is 12.8 Å². The number of hydrogen-bond donors (Lipinski definition) is 3. The van der Waals surface area contributed by atoms with E-state index in [1.165, 1.54) is 4.90 Å². The number of carbonyl (C=O) groups excluding carboxylic acids is 3. The van der Waals surface area contributed by atoms with E-state index in [-0.39, 0.29) is 30.2 Å². The van der Waals surface area contributed by atoms with E-state index in [0.29, 0.717) is 17.1 Å². The average molecular weight is 462 g/mol. The molecule has 0 bridgehead atoms. The van der Waals surface area contributed by atoms with Crippen LogP contribution in [0.25, 0.3) is 0 Å². The van der Waals surface area contributed by atoms with Gasteiger partial charge in [-0.05, 0) is 30.9 Å². The maximum Gasteiger partial charge on any atom is 0.247 e. The van der Waals surface area contributed by atoms with Crippen molar-refractivity contribution in [1.82, 2.24) is 10.2 Å². The monoisotopic (exact) mass is 461 g/mol. The van der Waals surface area contributed by atoms with Crippen LogP contribution in [0.3, 0.4) is 0 Å². The fourth-order valence-corrected chi connectivity index (χ4v) is 5.34. The standard InChI is InChI=1S/C24H32ClN3O4/c1-4-8-14-11-12-16-20(19(14)22(30)26-3)24(32)28(15(5-2)13-29)21(16)23(31)27-18-10-7-6-9-17(18)25/h6-7,9-12,14-16,19-21,29H,4-5,8,13H2,1-3H3,(H,26,30)(H,27,31)/t14-,15+,16+,19-,20+,21+/m1/s1. The predicted molar refractivity (Wildman–Crippen MR) is 124 cm³/mol. The molecule has 1 saturated heterocycles. The zero-order valence-electron chi connectivity index (χ0n) is 18.8. The topological polar surface area (TPSA) is 98.7 Å². The molecule has 3 rings (SSSR count). The molecule has 0 saturated carbocycles. The maximum absolute atomic E-state index is 13.7. The van der Waals surface area contributed by atoms with Crippen molar-refractivity contribution in [2.45, 2.75) is 45.2 Å². The van der Waals surface area contributed by atoms with Gasteiger partial charge in [0.2, 0.25) is 17.7 Å². The minimum absolute atomic E-state index is 0.0772. The Morgan fingerprint density at radius 1 is 1.19 bits per heavy atom. The van der Waals surface area contributed by atoms with Gasteiger partial charge in [-0.15, -0.1) is 0 Å². The van der Waals surface area contributed by atoms with Gasteiger partial charge in [-0.25, -0.2) is 0 Å². The van der Waals surface area contributed by atoms with Crippen molar-refractivity contribution in [3.8, 4) is 0 Å². The Hall–Kier alpha value is -2.38. The Morgan fingerprint density at radius 2 is 1.91 bits per heavy atom. The molecule has 1 aromatic carbocycles. The molecule has 1 heterocycles. The number of rotatable bonds is 8. The second-order valence-electron chi connectivity index (χ2n) is 8.48. The summed E-state index contributed by atoms with van der Waals surface area (Å²) in [5.74, 6) is -2.58. The normalized spacial score (nSPS) is 27.7. The lowest BCUT2D eigenvalue weighted by Crippen LogP contribution is -2.50. The molecule has 174 valence electrons. The molecule has 1 aliphatic heterocycles. The summed E-state index contributed by atoms with van der Waals surface area (Å²) in [4.78, 5) is 41.6. The predicted octanol–water partition coefficient (Wildman–Crippen LogP) is 2.84. The first-order valence-corrected chi connectivity index (χ1v) is 11.7. The van der Waals surface area contributed by atoms with Crippen molar-refractivity contribution in [2.24, 2.45) is 23.7 Å². The van der Waals surface area contributed by atoms with Gasteiger partial charge in [0.1, 0.15) is 6.04 Å². The molecular formula is C24H32ClN3O4. The van der Waals surface area contributed by atoms with Gasteiger partial charge in [0.05, 0.1) is 35.2 Å². The molecule has 7 nitrogen and oxygen atoms in total. The average Bonchev–Trinajstić information content (AvgIpc) is 3.08. The number of likely N-dealkylation sites (tertiary alicyclic amines) is 1. The number of fused-ring (bicyclic) bond motifs is 1. The van der Waals surface area contributed by atoms with Gasteiger partial charge in [0, 0.05) is 13.0 Å². The van der Waals surface area contributed by atoms with Crippen LogP contribution in [0.5, 0.6) is 0 Å². The van der Waals surface area contributed by atoms with E-state index in [9.17, 15) is 19.5 Å². The van der Waals surface area contributed by atoms with Gasteiger partial charge in [-0.3, -0.25) is 14.4 Å². The fourth-order valence-electron chi connectivity index (χ4n) is 5.16. The minimum atomic E-state index is -0.841. The number of nitrogens with zero attached hydrogens (tertiary/aromatic N) is 1. The van der Waals surface area contributed by atoms with Crippen molar-refractivity contribution in [3.05, 3.63) is 41.4 Å². The Kier molecular flexibility index (Phi) is 7.96. The lowest BCUT2D eigenvalue weighted by molar-refractivity contribution is -0.142. The maximum atomic E-state index is 13.7. The molecular weight excluding hydrogens is 430 g/mol. The number of benzene rings is 1. The summed E-state index contributed by atoms with van der Waals surface area (Å²) in [6, 6.07) is 5.55. The Morgan fingerprint density at radius 3 is 2.50 bits per heavy atom. The molecule has 0 aromatic heterocycles. The van der Waals surface area contributed by atoms with Crippen LogP contribution in [0.4, 0.5) is 5.69 Å². The number of halogens is 1. The first kappa shape index (κ1) is 24.3. The number of carbonyl (C=O) groups is 3. The highest BCUT2D eigenvalue weighted by molar-refractivity contribution is 6.33. The third kappa shape index (κ3) is 4.41. The molecule has 3 amide bonds. The molecule has 2 aliphatic rings. The summed E-state index contributed by atoms with van der Waals surface area (Å²) in [5.41, 5.74) is 0.457. The van der Waals surface area contributed by atoms with Gasteiger partial charge in [-0.2, -0.15) is 0 Å². The van der Waals surface area contributed by atoms with Crippen molar-refractivity contribution >= 4 is 35.0 Å². The molecule has 1 fully saturated rings. The lowest BCUT2D eigenvalue weighted by Gasteiger charge is -2.34. The first-order chi connectivity index (χ1) is 15.4. The number of aliphatic hydroxyl groups excluding tert-OH is 1. The van der Waals surface area contributed by atoms with Gasteiger partial charge < -0.3 is 20.6 Å². The van der Waals surface area contributed by atoms with Crippen LogP contribution in [-0.4, -0.2) is 53.5 Å². The summed E-state index contributed by atoms with van der Waals surface area (Å²) in [7, 11) is 1.57. The summed E-state index contributed by atoms with van der Waals surface area (Å²) in [5, 5.41) is 15.9. The lowest BCUT2D eigenvalue weighted by atomic mass is 9.68. The third-order valence-electron chi connectivity index (χ3n) is 6.69. The molecule has 0 radical (unpaired) electrons. The van der Waals surface area contributed by atoms with E-state index >= 15 is 0 Å². The molecule has 32 heavy (non-hydrogen) atoms. The highest BCUT2D eigenvalue weighted by atomic mass is 35.5. The number of aliphatic hydroxyl groups is 1. The van der Waals surface area contributed by atoms with E-state index in [4.69, 9.17) is 11.6 Å². The molecule has 0 unspecified atom stereocenters. The highest BCUT2D eigenvalue weighted by Crippen LogP contribution is 2.46. The zero-order valence-corrected chi connectivity index (χ0v) is 19.5. The van der Waals surface area contributed by atoms with Crippen LogP contribution in [-0.2, 0) is 14.4 Å². The number of para-hydroxylation sites is 1. The van der Waals surface area contributed by atoms with Gasteiger partial charge >= 0.3 is 0 Å². The van der Waals surface area contributed by atoms with Crippen LogP contribution < -0.4 is 10.6 Å². The largest absolute Gasteiger partial charge is 0.394 e. The third-order valence-corrected chi connectivity index (χ3v) is 7.02. The molecule has 8 heteroatoms. The van der Waals surface area contributed by atoms with Gasteiger partial charge in [-0.1, -0.05) is 56.2 Å². The highest BCUT2D eigenvalue weighted by Gasteiger charge is 2.58. The molecule has 6 atom stereocenters. The van der Waals surface area contributed by atoms with Gasteiger partial charge in [0.25, 0.3) is 0 Å². The van der Waals surface area contributed by atoms with E-state index in [1.54, 1.807) is 31.3 Å². The Bertz CT molecular complexity index is 886. The van der Waals surface area contributed by atoms with Gasteiger partial charge in [0.15, 0.2) is 0 Å². The van der Waals surface area contributed by atoms with E-state index in [1.807, 2.05) is 26.0 Å². The van der Waals surface area contributed by atoms with Crippen molar-refractivity contribution < 1.29 is 19.5 Å². The quantitative estimate of drug-likeness (QED) is 0.518. The fraction of sp³-hybridized carbons (Fsp3) is 0.542. The van der Waals surface area contributed by atoms with Crippen LogP contribution in [0.2, 0.25) is 5.02 Å². The Labute approximate surface area is 194 Å².